The van der Waals surface area contributed by atoms with Gasteiger partial charge in [0.1, 0.15) is 5.15 Å². The molecular formula is C22H22ClN3O2. The van der Waals surface area contributed by atoms with Gasteiger partial charge in [0.2, 0.25) is 5.91 Å². The van der Waals surface area contributed by atoms with E-state index in [0.717, 1.165) is 16.6 Å². The van der Waals surface area contributed by atoms with E-state index in [1.165, 1.54) is 0 Å². The van der Waals surface area contributed by atoms with Gasteiger partial charge in [-0.05, 0) is 35.7 Å². The summed E-state index contributed by atoms with van der Waals surface area (Å²) in [5, 5.41) is 6.82. The Labute approximate surface area is 169 Å². The van der Waals surface area contributed by atoms with Crippen LogP contribution in [0.25, 0.3) is 10.9 Å². The second-order valence-electron chi connectivity index (χ2n) is 7.04. The highest BCUT2D eigenvalue weighted by atomic mass is 35.5. The molecule has 1 aromatic heterocycles. The monoisotopic (exact) mass is 395 g/mol. The molecule has 0 saturated carbocycles. The maximum Gasteiger partial charge on any atom is 0.252 e. The molecule has 0 saturated heterocycles. The Morgan fingerprint density at radius 1 is 1.07 bits per heavy atom. The highest BCUT2D eigenvalue weighted by molar-refractivity contribution is 6.30. The van der Waals surface area contributed by atoms with Gasteiger partial charge in [-0.15, -0.1) is 0 Å². The van der Waals surface area contributed by atoms with Crippen molar-refractivity contribution in [2.75, 3.05) is 5.32 Å². The molecule has 0 atom stereocenters. The van der Waals surface area contributed by atoms with Crippen molar-refractivity contribution in [1.82, 2.24) is 10.3 Å². The SMILES string of the molecule is CC(C)CC(=O)Nc1cccc(CNC(=O)c2cc(Cl)nc3ccccc23)c1. The number of nitrogens with zero attached hydrogens (tertiary/aromatic N) is 1. The fourth-order valence-electron chi connectivity index (χ4n) is 2.95. The number of para-hydroxylation sites is 1. The van der Waals surface area contributed by atoms with E-state index < -0.39 is 0 Å². The number of benzene rings is 2. The van der Waals surface area contributed by atoms with Crippen LogP contribution in [-0.4, -0.2) is 16.8 Å². The first-order valence-electron chi connectivity index (χ1n) is 9.14. The van der Waals surface area contributed by atoms with Gasteiger partial charge >= 0.3 is 0 Å². The number of carbonyl (C=O) groups excluding carboxylic acids is 2. The number of fused-ring (bicyclic) bond motifs is 1. The molecule has 3 aromatic rings. The minimum Gasteiger partial charge on any atom is -0.348 e. The molecule has 0 spiro atoms. The van der Waals surface area contributed by atoms with Crippen LogP contribution in [0.15, 0.2) is 54.6 Å². The summed E-state index contributed by atoms with van der Waals surface area (Å²) in [6, 6.07) is 16.4. The Bertz CT molecular complexity index is 1020. The van der Waals surface area contributed by atoms with Crippen LogP contribution in [0.5, 0.6) is 0 Å². The molecular weight excluding hydrogens is 374 g/mol. The molecule has 0 unspecified atom stereocenters. The van der Waals surface area contributed by atoms with Crippen LogP contribution in [0.2, 0.25) is 5.15 Å². The molecule has 0 bridgehead atoms. The Morgan fingerprint density at radius 2 is 1.86 bits per heavy atom. The lowest BCUT2D eigenvalue weighted by molar-refractivity contribution is -0.116. The van der Waals surface area contributed by atoms with Gasteiger partial charge < -0.3 is 10.6 Å². The summed E-state index contributed by atoms with van der Waals surface area (Å²) in [6.07, 6.45) is 0.469. The molecule has 5 nitrogen and oxygen atoms in total. The lowest BCUT2D eigenvalue weighted by atomic mass is 10.1. The minimum absolute atomic E-state index is 0.0194. The zero-order chi connectivity index (χ0) is 20.1. The highest BCUT2D eigenvalue weighted by Gasteiger charge is 2.12. The van der Waals surface area contributed by atoms with Crippen molar-refractivity contribution in [3.05, 3.63) is 70.9 Å². The molecule has 0 aliphatic rings. The first-order chi connectivity index (χ1) is 13.4. The molecule has 28 heavy (non-hydrogen) atoms. The van der Waals surface area contributed by atoms with E-state index in [1.807, 2.05) is 62.4 Å². The normalized spacial score (nSPS) is 10.9. The second kappa shape index (κ2) is 8.85. The number of halogens is 1. The molecule has 0 fully saturated rings. The van der Waals surface area contributed by atoms with E-state index in [0.29, 0.717) is 30.0 Å². The van der Waals surface area contributed by atoms with E-state index in [9.17, 15) is 9.59 Å². The Hall–Kier alpha value is -2.92. The first kappa shape index (κ1) is 19.8. The van der Waals surface area contributed by atoms with Crippen molar-refractivity contribution in [3.63, 3.8) is 0 Å². The third-order valence-corrected chi connectivity index (χ3v) is 4.38. The average molecular weight is 396 g/mol. The number of aromatic nitrogens is 1. The summed E-state index contributed by atoms with van der Waals surface area (Å²) in [6.45, 7) is 4.34. The Balaban J connectivity index is 1.70. The molecule has 3 rings (SSSR count). The predicted octanol–water partition coefficient (Wildman–Crippen LogP) is 4.80. The molecule has 144 valence electrons. The maximum absolute atomic E-state index is 12.7. The number of carbonyl (C=O) groups is 2. The van der Waals surface area contributed by atoms with Gasteiger partial charge in [0.15, 0.2) is 0 Å². The van der Waals surface area contributed by atoms with Gasteiger partial charge in [-0.25, -0.2) is 4.98 Å². The van der Waals surface area contributed by atoms with Crippen molar-refractivity contribution >= 4 is 40.0 Å². The number of hydrogen-bond acceptors (Lipinski definition) is 3. The Kier molecular flexibility index (Phi) is 6.26. The van der Waals surface area contributed by atoms with Crippen molar-refractivity contribution in [2.45, 2.75) is 26.8 Å². The van der Waals surface area contributed by atoms with Gasteiger partial charge in [0.25, 0.3) is 5.91 Å². The molecule has 2 amide bonds. The molecule has 0 radical (unpaired) electrons. The summed E-state index contributed by atoms with van der Waals surface area (Å²) >= 11 is 6.06. The van der Waals surface area contributed by atoms with Crippen LogP contribution in [0, 0.1) is 5.92 Å². The third-order valence-electron chi connectivity index (χ3n) is 4.19. The number of hydrogen-bond donors (Lipinski definition) is 2. The smallest absolute Gasteiger partial charge is 0.252 e. The third kappa shape index (κ3) is 5.08. The predicted molar refractivity (Wildman–Crippen MR) is 112 cm³/mol. The average Bonchev–Trinajstić information content (AvgIpc) is 2.65. The molecule has 6 heteroatoms. The number of amides is 2. The van der Waals surface area contributed by atoms with Gasteiger partial charge in [-0.3, -0.25) is 9.59 Å². The number of nitrogens with one attached hydrogen (secondary N) is 2. The first-order valence-corrected chi connectivity index (χ1v) is 9.52. The minimum atomic E-state index is -0.227. The maximum atomic E-state index is 12.7. The summed E-state index contributed by atoms with van der Waals surface area (Å²) in [5.41, 5.74) is 2.77. The van der Waals surface area contributed by atoms with Gasteiger partial charge in [0.05, 0.1) is 11.1 Å². The van der Waals surface area contributed by atoms with E-state index >= 15 is 0 Å². The van der Waals surface area contributed by atoms with E-state index in [4.69, 9.17) is 11.6 Å². The standard InChI is InChI=1S/C22H22ClN3O2/c1-14(2)10-21(27)25-16-7-5-6-15(11-16)13-24-22(28)18-12-20(23)26-19-9-4-3-8-17(18)19/h3-9,11-12,14H,10,13H2,1-2H3,(H,24,28)(H,25,27). The van der Waals surface area contributed by atoms with Crippen molar-refractivity contribution in [2.24, 2.45) is 5.92 Å². The lowest BCUT2D eigenvalue weighted by Crippen LogP contribution is -2.23. The van der Waals surface area contributed by atoms with Crippen molar-refractivity contribution < 1.29 is 9.59 Å². The van der Waals surface area contributed by atoms with Crippen LogP contribution in [0.4, 0.5) is 5.69 Å². The molecule has 0 aliphatic carbocycles. The van der Waals surface area contributed by atoms with Gasteiger partial charge in [0, 0.05) is 24.0 Å². The lowest BCUT2D eigenvalue weighted by Gasteiger charge is -2.11. The van der Waals surface area contributed by atoms with Crippen LogP contribution in [0.3, 0.4) is 0 Å². The Morgan fingerprint density at radius 3 is 2.64 bits per heavy atom. The number of pyridine rings is 1. The number of rotatable bonds is 6. The molecule has 2 aromatic carbocycles. The molecule has 0 aliphatic heterocycles. The van der Waals surface area contributed by atoms with Crippen LogP contribution >= 0.6 is 11.6 Å². The van der Waals surface area contributed by atoms with E-state index in [-0.39, 0.29) is 17.0 Å². The van der Waals surface area contributed by atoms with Crippen molar-refractivity contribution in [3.8, 4) is 0 Å². The van der Waals surface area contributed by atoms with Gasteiger partial charge in [-0.2, -0.15) is 0 Å². The summed E-state index contributed by atoms with van der Waals surface area (Å²) < 4.78 is 0. The quantitative estimate of drug-likeness (QED) is 0.589. The summed E-state index contributed by atoms with van der Waals surface area (Å²) in [7, 11) is 0. The largest absolute Gasteiger partial charge is 0.348 e. The topological polar surface area (TPSA) is 71.1 Å². The zero-order valence-electron chi connectivity index (χ0n) is 15.8. The molecule has 1 heterocycles. The van der Waals surface area contributed by atoms with E-state index in [1.54, 1.807) is 6.07 Å². The van der Waals surface area contributed by atoms with Crippen LogP contribution in [-0.2, 0) is 11.3 Å². The summed E-state index contributed by atoms with van der Waals surface area (Å²) in [5.74, 6) is 0.0494. The van der Waals surface area contributed by atoms with Crippen molar-refractivity contribution in [1.29, 1.82) is 0 Å². The van der Waals surface area contributed by atoms with Crippen LogP contribution < -0.4 is 10.6 Å². The molecule has 2 N–H and O–H groups in total. The van der Waals surface area contributed by atoms with E-state index in [2.05, 4.69) is 15.6 Å². The summed E-state index contributed by atoms with van der Waals surface area (Å²) in [4.78, 5) is 28.9. The highest BCUT2D eigenvalue weighted by Crippen LogP contribution is 2.21. The van der Waals surface area contributed by atoms with Gasteiger partial charge in [-0.1, -0.05) is 55.8 Å². The number of anilines is 1. The fourth-order valence-corrected chi connectivity index (χ4v) is 3.15. The van der Waals surface area contributed by atoms with Crippen LogP contribution in [0.1, 0.15) is 36.2 Å². The zero-order valence-corrected chi connectivity index (χ0v) is 16.6. The second-order valence-corrected chi connectivity index (χ2v) is 7.43. The fraction of sp³-hybridized carbons (Fsp3) is 0.227.